The highest BCUT2D eigenvalue weighted by Crippen LogP contribution is 2.08. The van der Waals surface area contributed by atoms with Crippen molar-refractivity contribution in [3.8, 4) is 0 Å². The summed E-state index contributed by atoms with van der Waals surface area (Å²) in [6.07, 6.45) is 6.97. The highest BCUT2D eigenvalue weighted by Gasteiger charge is 2.16. The van der Waals surface area contributed by atoms with E-state index in [9.17, 15) is 9.59 Å². The second-order valence-corrected chi connectivity index (χ2v) is 4.11. The van der Waals surface area contributed by atoms with E-state index in [1.54, 1.807) is 11.1 Å². The fourth-order valence-corrected chi connectivity index (χ4v) is 1.93. The van der Waals surface area contributed by atoms with Gasteiger partial charge in [-0.25, -0.2) is 0 Å². The number of hydrogen-bond acceptors (Lipinski definition) is 2. The molecule has 0 bridgehead atoms. The van der Waals surface area contributed by atoms with E-state index in [0.717, 1.165) is 38.9 Å². The molecule has 0 aliphatic carbocycles. The zero-order valence-corrected chi connectivity index (χ0v) is 10.2. The maximum Gasteiger partial charge on any atom is 0.245 e. The third-order valence-corrected chi connectivity index (χ3v) is 2.92. The fourth-order valence-electron chi connectivity index (χ4n) is 1.93. The maximum atomic E-state index is 10.8. The molecule has 2 amide bonds. The number of carbonyl (C=O) groups excluding carboxylic acids is 2. The van der Waals surface area contributed by atoms with Crippen molar-refractivity contribution in [3.05, 3.63) is 25.4 Å². The number of carbonyl (C=O) groups is 2. The average Bonchev–Trinajstić information content (AvgIpc) is 2.99. The van der Waals surface area contributed by atoms with E-state index >= 15 is 0 Å². The van der Waals surface area contributed by atoms with Crippen molar-refractivity contribution in [2.24, 2.45) is 0 Å². The fraction of sp³-hybridized carbons (Fsp3) is 0.538. The molecule has 2 aliphatic rings. The molecule has 2 rings (SSSR count). The molecular weight excluding hydrogens is 216 g/mol. The molecule has 0 unspecified atom stereocenters. The third-order valence-electron chi connectivity index (χ3n) is 2.92. The lowest BCUT2D eigenvalue weighted by molar-refractivity contribution is -0.126. The molecule has 4 heteroatoms. The first kappa shape index (κ1) is 13.5. The number of amides is 2. The summed E-state index contributed by atoms with van der Waals surface area (Å²) < 4.78 is 0. The Morgan fingerprint density at radius 2 is 1.76 bits per heavy atom. The van der Waals surface area contributed by atoms with Crippen LogP contribution >= 0.6 is 0 Å². The van der Waals surface area contributed by atoms with E-state index in [1.807, 2.05) is 4.90 Å². The highest BCUT2D eigenvalue weighted by atomic mass is 16.2. The summed E-state index contributed by atoms with van der Waals surface area (Å²) >= 11 is 0. The predicted molar refractivity (Wildman–Crippen MR) is 67.2 cm³/mol. The van der Waals surface area contributed by atoms with Gasteiger partial charge in [0.25, 0.3) is 0 Å². The Balaban J connectivity index is 0.000000171. The van der Waals surface area contributed by atoms with Gasteiger partial charge in [0.05, 0.1) is 0 Å². The largest absolute Gasteiger partial charge is 0.339 e. The Morgan fingerprint density at radius 1 is 1.12 bits per heavy atom. The summed E-state index contributed by atoms with van der Waals surface area (Å²) in [6.45, 7) is 9.62. The van der Waals surface area contributed by atoms with Crippen LogP contribution in [0.15, 0.2) is 25.4 Å². The van der Waals surface area contributed by atoms with Crippen LogP contribution in [-0.2, 0) is 9.59 Å². The van der Waals surface area contributed by atoms with E-state index < -0.39 is 0 Å². The normalized spacial score (nSPS) is 18.7. The van der Waals surface area contributed by atoms with Crippen LogP contribution in [0.2, 0.25) is 0 Å². The van der Waals surface area contributed by atoms with Gasteiger partial charge in [-0.1, -0.05) is 13.2 Å². The summed E-state index contributed by atoms with van der Waals surface area (Å²) in [5.41, 5.74) is 0. The minimum absolute atomic E-state index is 0.0764. The van der Waals surface area contributed by atoms with Crippen LogP contribution in [0.3, 0.4) is 0 Å². The summed E-state index contributed by atoms with van der Waals surface area (Å²) in [4.78, 5) is 25.0. The van der Waals surface area contributed by atoms with Crippen LogP contribution in [-0.4, -0.2) is 41.2 Å². The Hall–Kier alpha value is -1.58. The molecule has 0 saturated carbocycles. The molecule has 0 aromatic heterocycles. The molecule has 94 valence electrons. The molecule has 2 heterocycles. The molecule has 0 aromatic carbocycles. The molecule has 2 fully saturated rings. The lowest BCUT2D eigenvalue weighted by Gasteiger charge is -2.10. The molecule has 17 heavy (non-hydrogen) atoms. The molecule has 2 aliphatic heterocycles. The third kappa shape index (κ3) is 4.06. The molecule has 0 N–H and O–H groups in total. The summed E-state index contributed by atoms with van der Waals surface area (Å²) in [5, 5.41) is 0. The van der Waals surface area contributed by atoms with Gasteiger partial charge in [0.15, 0.2) is 0 Å². The Morgan fingerprint density at radius 3 is 2.12 bits per heavy atom. The van der Waals surface area contributed by atoms with Gasteiger partial charge >= 0.3 is 0 Å². The van der Waals surface area contributed by atoms with Crippen LogP contribution in [0.1, 0.15) is 25.7 Å². The van der Waals surface area contributed by atoms with Gasteiger partial charge in [0, 0.05) is 26.1 Å². The SMILES string of the molecule is C=CC(=O)N1CCCC1.C=CN1CCCC1=O. The van der Waals surface area contributed by atoms with Gasteiger partial charge in [-0.05, 0) is 31.5 Å². The zero-order valence-electron chi connectivity index (χ0n) is 10.2. The Labute approximate surface area is 103 Å². The van der Waals surface area contributed by atoms with Gasteiger partial charge in [-0.2, -0.15) is 0 Å². The van der Waals surface area contributed by atoms with Crippen LogP contribution < -0.4 is 0 Å². The first-order valence-electron chi connectivity index (χ1n) is 6.02. The van der Waals surface area contributed by atoms with Crippen LogP contribution in [0.25, 0.3) is 0 Å². The van der Waals surface area contributed by atoms with E-state index in [2.05, 4.69) is 13.2 Å². The lowest BCUT2D eigenvalue weighted by Crippen LogP contribution is -2.25. The van der Waals surface area contributed by atoms with E-state index in [0.29, 0.717) is 6.42 Å². The van der Waals surface area contributed by atoms with Crippen molar-refractivity contribution in [2.75, 3.05) is 19.6 Å². The van der Waals surface area contributed by atoms with Crippen molar-refractivity contribution >= 4 is 11.8 Å². The first-order chi connectivity index (χ1) is 8.19. The Kier molecular flexibility index (Phi) is 5.46. The molecule has 0 aromatic rings. The van der Waals surface area contributed by atoms with E-state index in [1.165, 1.54) is 6.08 Å². The highest BCUT2D eigenvalue weighted by molar-refractivity contribution is 5.87. The number of hydrogen-bond donors (Lipinski definition) is 0. The molecule has 0 radical (unpaired) electrons. The standard InChI is InChI=1S/C7H11NO.C6H9NO/c1-2-7(9)8-5-3-4-6-8;1-2-7-5-3-4-6(7)8/h2H,1,3-6H2;2H,1,3-5H2. The smallest absolute Gasteiger partial charge is 0.245 e. The summed E-state index contributed by atoms with van der Waals surface area (Å²) in [5.74, 6) is 0.285. The topological polar surface area (TPSA) is 40.6 Å². The number of rotatable bonds is 2. The van der Waals surface area contributed by atoms with Crippen molar-refractivity contribution in [1.29, 1.82) is 0 Å². The molecular formula is C13H20N2O2. The van der Waals surface area contributed by atoms with Crippen LogP contribution in [0.5, 0.6) is 0 Å². The molecule has 0 atom stereocenters. The predicted octanol–water partition coefficient (Wildman–Crippen LogP) is 1.55. The Bertz CT molecular complexity index is 307. The van der Waals surface area contributed by atoms with Gasteiger partial charge in [0.1, 0.15) is 0 Å². The number of nitrogens with zero attached hydrogens (tertiary/aromatic N) is 2. The van der Waals surface area contributed by atoms with Crippen LogP contribution in [0.4, 0.5) is 0 Å². The quantitative estimate of drug-likeness (QED) is 0.682. The van der Waals surface area contributed by atoms with Crippen molar-refractivity contribution in [2.45, 2.75) is 25.7 Å². The first-order valence-corrected chi connectivity index (χ1v) is 6.02. The summed E-state index contributed by atoms with van der Waals surface area (Å²) in [7, 11) is 0. The van der Waals surface area contributed by atoms with E-state index in [-0.39, 0.29) is 11.8 Å². The van der Waals surface area contributed by atoms with Crippen molar-refractivity contribution in [1.82, 2.24) is 9.80 Å². The average molecular weight is 236 g/mol. The monoisotopic (exact) mass is 236 g/mol. The lowest BCUT2D eigenvalue weighted by atomic mass is 10.4. The minimum atomic E-state index is 0.0764. The second-order valence-electron chi connectivity index (χ2n) is 4.11. The van der Waals surface area contributed by atoms with Gasteiger partial charge in [-0.3, -0.25) is 9.59 Å². The molecule has 0 spiro atoms. The summed E-state index contributed by atoms with van der Waals surface area (Å²) in [6, 6.07) is 0. The minimum Gasteiger partial charge on any atom is -0.339 e. The number of likely N-dealkylation sites (tertiary alicyclic amines) is 2. The maximum absolute atomic E-state index is 10.8. The zero-order chi connectivity index (χ0) is 12.7. The van der Waals surface area contributed by atoms with E-state index in [4.69, 9.17) is 0 Å². The van der Waals surface area contributed by atoms with Crippen molar-refractivity contribution in [3.63, 3.8) is 0 Å². The van der Waals surface area contributed by atoms with Gasteiger partial charge in [-0.15, -0.1) is 0 Å². The molecule has 4 nitrogen and oxygen atoms in total. The molecule has 2 saturated heterocycles. The van der Waals surface area contributed by atoms with Gasteiger partial charge in [0.2, 0.25) is 11.8 Å². The van der Waals surface area contributed by atoms with Crippen LogP contribution in [0, 0.1) is 0 Å². The van der Waals surface area contributed by atoms with Crippen molar-refractivity contribution < 1.29 is 9.59 Å². The van der Waals surface area contributed by atoms with Gasteiger partial charge < -0.3 is 9.80 Å². The second kappa shape index (κ2) is 6.89.